The third kappa shape index (κ3) is 4.07. The van der Waals surface area contributed by atoms with Crippen LogP contribution in [0.3, 0.4) is 0 Å². The number of piperidine rings is 2. The molecule has 0 bridgehead atoms. The first-order valence-electron chi connectivity index (χ1n) is 11.9. The molecule has 0 unspecified atom stereocenters. The normalized spacial score (nSPS) is 21.8. The van der Waals surface area contributed by atoms with Crippen LogP contribution < -0.4 is 5.56 Å². The van der Waals surface area contributed by atoms with Crippen molar-refractivity contribution in [2.75, 3.05) is 32.7 Å². The van der Waals surface area contributed by atoms with Gasteiger partial charge in [-0.3, -0.25) is 19.1 Å². The molecule has 0 aromatic carbocycles. The van der Waals surface area contributed by atoms with Crippen LogP contribution in [0.4, 0.5) is 0 Å². The Morgan fingerprint density at radius 1 is 1.03 bits per heavy atom. The molecule has 0 N–H and O–H groups in total. The molecule has 1 saturated carbocycles. The number of aryl methyl sites for hydroxylation is 2. The van der Waals surface area contributed by atoms with Crippen LogP contribution >= 0.6 is 11.3 Å². The highest BCUT2D eigenvalue weighted by Crippen LogP contribution is 2.41. The molecule has 3 aliphatic rings. The second kappa shape index (κ2) is 8.32. The number of carbonyl (C=O) groups excluding carboxylic acids is 1. The second-order valence-corrected chi connectivity index (χ2v) is 11.2. The van der Waals surface area contributed by atoms with Crippen molar-refractivity contribution in [1.82, 2.24) is 19.4 Å². The van der Waals surface area contributed by atoms with E-state index in [-0.39, 0.29) is 17.5 Å². The highest BCUT2D eigenvalue weighted by molar-refractivity contribution is 7.18. The predicted octanol–water partition coefficient (Wildman–Crippen LogP) is 3.85. The Hall–Kier alpha value is -1.73. The molecule has 1 amide bonds. The molecular formula is C24H34N4O2S. The molecule has 2 aromatic heterocycles. The van der Waals surface area contributed by atoms with Crippen molar-refractivity contribution in [3.8, 4) is 0 Å². The number of thiophene rings is 1. The lowest BCUT2D eigenvalue weighted by Crippen LogP contribution is -2.46. The summed E-state index contributed by atoms with van der Waals surface area (Å²) >= 11 is 1.65. The van der Waals surface area contributed by atoms with Gasteiger partial charge >= 0.3 is 0 Å². The quantitative estimate of drug-likeness (QED) is 0.722. The van der Waals surface area contributed by atoms with E-state index in [9.17, 15) is 9.59 Å². The van der Waals surface area contributed by atoms with Gasteiger partial charge in [0.15, 0.2) is 0 Å². The first kappa shape index (κ1) is 21.1. The van der Waals surface area contributed by atoms with E-state index in [2.05, 4.69) is 18.7 Å². The lowest BCUT2D eigenvalue weighted by atomic mass is 9.99. The average molecular weight is 443 g/mol. The fourth-order valence-corrected chi connectivity index (χ4v) is 6.22. The van der Waals surface area contributed by atoms with E-state index < -0.39 is 0 Å². The zero-order chi connectivity index (χ0) is 21.7. The monoisotopic (exact) mass is 442 g/mol. The Morgan fingerprint density at radius 2 is 1.71 bits per heavy atom. The van der Waals surface area contributed by atoms with Crippen LogP contribution in [0.25, 0.3) is 10.2 Å². The van der Waals surface area contributed by atoms with Crippen molar-refractivity contribution >= 4 is 27.5 Å². The molecule has 5 rings (SSSR count). The van der Waals surface area contributed by atoms with Gasteiger partial charge in [-0.05, 0) is 63.9 Å². The summed E-state index contributed by atoms with van der Waals surface area (Å²) in [5.41, 5.74) is 1.25. The van der Waals surface area contributed by atoms with Crippen molar-refractivity contribution in [3.63, 3.8) is 0 Å². The summed E-state index contributed by atoms with van der Waals surface area (Å²) < 4.78 is 2.05. The molecule has 2 aliphatic heterocycles. The number of aromatic nitrogens is 2. The van der Waals surface area contributed by atoms with Gasteiger partial charge in [-0.15, -0.1) is 11.3 Å². The van der Waals surface area contributed by atoms with Crippen LogP contribution in [0.2, 0.25) is 0 Å². The van der Waals surface area contributed by atoms with Gasteiger partial charge in [0.25, 0.3) is 5.56 Å². The fourth-order valence-electron chi connectivity index (χ4n) is 5.19. The Kier molecular flexibility index (Phi) is 5.67. The number of amides is 1. The minimum Gasteiger partial charge on any atom is -0.342 e. The van der Waals surface area contributed by atoms with E-state index in [0.717, 1.165) is 92.2 Å². The van der Waals surface area contributed by atoms with Crippen LogP contribution in [0.15, 0.2) is 4.79 Å². The highest BCUT2D eigenvalue weighted by atomic mass is 32.1. The van der Waals surface area contributed by atoms with Gasteiger partial charge in [0, 0.05) is 43.0 Å². The summed E-state index contributed by atoms with van der Waals surface area (Å²) in [6, 6.07) is 0.196. The number of carbonyl (C=O) groups is 1. The maximum absolute atomic E-state index is 13.6. The van der Waals surface area contributed by atoms with E-state index in [4.69, 9.17) is 4.98 Å². The van der Waals surface area contributed by atoms with Gasteiger partial charge in [0.05, 0.1) is 11.9 Å². The number of hydrogen-bond acceptors (Lipinski definition) is 5. The minimum absolute atomic E-state index is 0.158. The Labute approximate surface area is 188 Å². The Balaban J connectivity index is 1.31. The molecule has 0 spiro atoms. The van der Waals surface area contributed by atoms with E-state index in [1.165, 1.54) is 4.88 Å². The Morgan fingerprint density at radius 3 is 2.35 bits per heavy atom. The number of hydrogen-bond donors (Lipinski definition) is 0. The third-order valence-corrected chi connectivity index (χ3v) is 8.72. The van der Waals surface area contributed by atoms with E-state index in [0.29, 0.717) is 12.5 Å². The summed E-state index contributed by atoms with van der Waals surface area (Å²) in [7, 11) is 0. The van der Waals surface area contributed by atoms with Gasteiger partial charge in [0.2, 0.25) is 5.91 Å². The molecule has 0 radical (unpaired) electrons. The summed E-state index contributed by atoms with van der Waals surface area (Å²) in [6.07, 6.45) is 6.36. The van der Waals surface area contributed by atoms with E-state index >= 15 is 0 Å². The standard InChI is InChI=1S/C24H34N4O2S/c1-15-6-12-27(13-7-15)20(29)14-26-10-8-19(9-11-26)28-22(18-4-5-18)25-23-21(24(28)30)16(2)17(3)31-23/h15,18-19H,4-14H2,1-3H3. The van der Waals surface area contributed by atoms with Crippen molar-refractivity contribution < 1.29 is 4.79 Å². The summed E-state index contributed by atoms with van der Waals surface area (Å²) in [5, 5.41) is 0.823. The first-order valence-corrected chi connectivity index (χ1v) is 12.8. The van der Waals surface area contributed by atoms with E-state index in [1.54, 1.807) is 11.3 Å². The van der Waals surface area contributed by atoms with Gasteiger partial charge in [-0.1, -0.05) is 6.92 Å². The van der Waals surface area contributed by atoms with Crippen LogP contribution in [0.5, 0.6) is 0 Å². The molecule has 7 heteroatoms. The van der Waals surface area contributed by atoms with Gasteiger partial charge in [0.1, 0.15) is 10.7 Å². The minimum atomic E-state index is 0.158. The van der Waals surface area contributed by atoms with Crippen molar-refractivity contribution in [2.24, 2.45) is 5.92 Å². The lowest BCUT2D eigenvalue weighted by molar-refractivity contribution is -0.134. The summed E-state index contributed by atoms with van der Waals surface area (Å²) in [6.45, 7) is 10.5. The smallest absolute Gasteiger partial charge is 0.262 e. The van der Waals surface area contributed by atoms with Crippen LogP contribution in [-0.4, -0.2) is 58.0 Å². The molecule has 0 atom stereocenters. The number of fused-ring (bicyclic) bond motifs is 1. The molecule has 1 aliphatic carbocycles. The summed E-state index contributed by atoms with van der Waals surface area (Å²) in [4.78, 5) is 37.7. The largest absolute Gasteiger partial charge is 0.342 e. The van der Waals surface area contributed by atoms with Gasteiger partial charge in [-0.2, -0.15) is 0 Å². The number of rotatable bonds is 4. The number of nitrogens with zero attached hydrogens (tertiary/aromatic N) is 4. The maximum atomic E-state index is 13.6. The van der Waals surface area contributed by atoms with Crippen LogP contribution in [-0.2, 0) is 4.79 Å². The van der Waals surface area contributed by atoms with Crippen LogP contribution in [0.1, 0.15) is 73.7 Å². The van der Waals surface area contributed by atoms with Crippen molar-refractivity contribution in [3.05, 3.63) is 26.6 Å². The fraction of sp³-hybridized carbons (Fsp3) is 0.708. The summed E-state index contributed by atoms with van der Waals surface area (Å²) in [5.74, 6) is 2.46. The SMILES string of the molecule is Cc1sc2nc(C3CC3)n(C3CCN(CC(=O)N4CCC(C)CC4)CC3)c(=O)c2c1C. The third-order valence-electron chi connectivity index (χ3n) is 7.62. The first-order chi connectivity index (χ1) is 14.9. The zero-order valence-corrected chi connectivity index (χ0v) is 19.8. The lowest BCUT2D eigenvalue weighted by Gasteiger charge is -2.36. The maximum Gasteiger partial charge on any atom is 0.262 e. The van der Waals surface area contributed by atoms with Crippen molar-refractivity contribution in [2.45, 2.75) is 71.3 Å². The van der Waals surface area contributed by atoms with Crippen LogP contribution in [0, 0.1) is 19.8 Å². The average Bonchev–Trinajstić information content (AvgIpc) is 3.55. The highest BCUT2D eigenvalue weighted by Gasteiger charge is 2.34. The molecule has 3 fully saturated rings. The zero-order valence-electron chi connectivity index (χ0n) is 19.0. The molecular weight excluding hydrogens is 408 g/mol. The van der Waals surface area contributed by atoms with Gasteiger partial charge in [-0.25, -0.2) is 4.98 Å². The molecule has 31 heavy (non-hydrogen) atoms. The molecule has 6 nitrogen and oxygen atoms in total. The Bertz CT molecular complexity index is 1040. The van der Waals surface area contributed by atoms with E-state index in [1.807, 2.05) is 16.4 Å². The molecule has 4 heterocycles. The predicted molar refractivity (Wildman–Crippen MR) is 125 cm³/mol. The molecule has 168 valence electrons. The molecule has 2 aromatic rings. The van der Waals surface area contributed by atoms with Crippen molar-refractivity contribution in [1.29, 1.82) is 0 Å². The number of likely N-dealkylation sites (tertiary alicyclic amines) is 2. The molecule has 2 saturated heterocycles. The second-order valence-electron chi connectivity index (χ2n) is 9.95. The topological polar surface area (TPSA) is 58.4 Å². The van der Waals surface area contributed by atoms with Gasteiger partial charge < -0.3 is 4.90 Å².